The summed E-state index contributed by atoms with van der Waals surface area (Å²) in [5.41, 5.74) is 0.525. The molecule has 0 saturated heterocycles. The Morgan fingerprint density at radius 2 is 2.28 bits per heavy atom. The summed E-state index contributed by atoms with van der Waals surface area (Å²) in [6.07, 6.45) is 3.79. The van der Waals surface area contributed by atoms with Gasteiger partial charge in [0.05, 0.1) is 6.20 Å². The number of carbonyl (C=O) groups is 1. The Hall–Kier alpha value is -1.33. The quantitative estimate of drug-likeness (QED) is 0.798. The minimum atomic E-state index is -0.444. The molecule has 18 heavy (non-hydrogen) atoms. The van der Waals surface area contributed by atoms with Gasteiger partial charge in [0.15, 0.2) is 10.9 Å². The standard InChI is InChI=1S/C12H10ClFN2OS/c1-2-3-9(17)10-11(13)16-12(18-10)7-4-8(14)6-15-5-7/h4-6H,2-3H2,1H3. The number of pyridine rings is 1. The van der Waals surface area contributed by atoms with Crippen molar-refractivity contribution in [3.8, 4) is 10.6 Å². The number of hydrogen-bond donors (Lipinski definition) is 0. The van der Waals surface area contributed by atoms with E-state index < -0.39 is 5.82 Å². The zero-order valence-electron chi connectivity index (χ0n) is 9.61. The first-order valence-electron chi connectivity index (χ1n) is 5.42. The molecule has 0 amide bonds. The van der Waals surface area contributed by atoms with Crippen molar-refractivity contribution in [3.63, 3.8) is 0 Å². The maximum Gasteiger partial charge on any atom is 0.175 e. The Balaban J connectivity index is 2.37. The fourth-order valence-electron chi connectivity index (χ4n) is 1.47. The van der Waals surface area contributed by atoms with E-state index in [0.29, 0.717) is 21.9 Å². The lowest BCUT2D eigenvalue weighted by molar-refractivity contribution is 0.0985. The molecule has 0 aliphatic heterocycles. The van der Waals surface area contributed by atoms with Crippen LogP contribution in [0.3, 0.4) is 0 Å². The molecule has 94 valence electrons. The fourth-order valence-corrected chi connectivity index (χ4v) is 2.73. The van der Waals surface area contributed by atoms with Crippen molar-refractivity contribution in [1.82, 2.24) is 9.97 Å². The molecule has 0 N–H and O–H groups in total. The van der Waals surface area contributed by atoms with Gasteiger partial charge in [0.25, 0.3) is 0 Å². The van der Waals surface area contributed by atoms with Crippen LogP contribution in [0.5, 0.6) is 0 Å². The van der Waals surface area contributed by atoms with Crippen LogP contribution in [0.25, 0.3) is 10.6 Å². The number of aromatic nitrogens is 2. The first-order chi connectivity index (χ1) is 8.61. The monoisotopic (exact) mass is 284 g/mol. The molecule has 0 bridgehead atoms. The van der Waals surface area contributed by atoms with Gasteiger partial charge in [0.2, 0.25) is 0 Å². The van der Waals surface area contributed by atoms with Gasteiger partial charge in [0.1, 0.15) is 15.7 Å². The summed E-state index contributed by atoms with van der Waals surface area (Å²) in [5.74, 6) is -0.476. The summed E-state index contributed by atoms with van der Waals surface area (Å²) in [7, 11) is 0. The van der Waals surface area contributed by atoms with Gasteiger partial charge < -0.3 is 0 Å². The summed E-state index contributed by atoms with van der Waals surface area (Å²) in [6, 6.07) is 1.32. The normalized spacial score (nSPS) is 10.6. The topological polar surface area (TPSA) is 42.9 Å². The van der Waals surface area contributed by atoms with Gasteiger partial charge in [-0.3, -0.25) is 9.78 Å². The third-order valence-electron chi connectivity index (χ3n) is 2.27. The molecule has 0 aliphatic carbocycles. The summed E-state index contributed by atoms with van der Waals surface area (Å²) in [6.45, 7) is 1.92. The van der Waals surface area contributed by atoms with E-state index in [-0.39, 0.29) is 10.9 Å². The summed E-state index contributed by atoms with van der Waals surface area (Å²) in [4.78, 5) is 20.0. The van der Waals surface area contributed by atoms with Crippen molar-refractivity contribution in [2.24, 2.45) is 0 Å². The largest absolute Gasteiger partial charge is 0.293 e. The number of Topliss-reactive ketones (excluding diaryl/α,β-unsaturated/α-hetero) is 1. The molecule has 0 saturated carbocycles. The Bertz CT molecular complexity index is 585. The maximum atomic E-state index is 13.1. The van der Waals surface area contributed by atoms with Gasteiger partial charge in [-0.1, -0.05) is 18.5 Å². The van der Waals surface area contributed by atoms with Crippen molar-refractivity contribution in [2.45, 2.75) is 19.8 Å². The predicted molar refractivity (Wildman–Crippen MR) is 69.6 cm³/mol. The number of nitrogens with zero attached hydrogens (tertiary/aromatic N) is 2. The lowest BCUT2D eigenvalue weighted by Crippen LogP contribution is -1.94. The van der Waals surface area contributed by atoms with Crippen molar-refractivity contribution in [3.05, 3.63) is 34.3 Å². The van der Waals surface area contributed by atoms with E-state index in [2.05, 4.69) is 9.97 Å². The highest BCUT2D eigenvalue weighted by Crippen LogP contribution is 2.31. The minimum absolute atomic E-state index is 0.0318. The molecule has 0 atom stereocenters. The molecule has 0 fully saturated rings. The molecule has 0 unspecified atom stereocenters. The van der Waals surface area contributed by atoms with Gasteiger partial charge in [-0.05, 0) is 12.5 Å². The van der Waals surface area contributed by atoms with E-state index in [1.807, 2.05) is 6.92 Å². The second-order valence-corrected chi connectivity index (χ2v) is 5.06. The van der Waals surface area contributed by atoms with Crippen LogP contribution < -0.4 is 0 Å². The molecule has 2 aromatic heterocycles. The van der Waals surface area contributed by atoms with Crippen LogP contribution >= 0.6 is 22.9 Å². The number of hydrogen-bond acceptors (Lipinski definition) is 4. The lowest BCUT2D eigenvalue weighted by atomic mass is 10.2. The average molecular weight is 285 g/mol. The molecule has 2 aromatic rings. The van der Waals surface area contributed by atoms with E-state index in [1.165, 1.54) is 23.6 Å². The van der Waals surface area contributed by atoms with Crippen molar-refractivity contribution < 1.29 is 9.18 Å². The summed E-state index contributed by atoms with van der Waals surface area (Å²) >= 11 is 7.10. The highest BCUT2D eigenvalue weighted by molar-refractivity contribution is 7.17. The van der Waals surface area contributed by atoms with E-state index in [9.17, 15) is 9.18 Å². The molecular weight excluding hydrogens is 275 g/mol. The SMILES string of the molecule is CCCC(=O)c1sc(-c2cncc(F)c2)nc1Cl. The highest BCUT2D eigenvalue weighted by atomic mass is 35.5. The Kier molecular flexibility index (Phi) is 4.04. The van der Waals surface area contributed by atoms with Crippen LogP contribution in [0.2, 0.25) is 5.15 Å². The van der Waals surface area contributed by atoms with Crippen LogP contribution in [-0.2, 0) is 0 Å². The second kappa shape index (κ2) is 5.54. The summed E-state index contributed by atoms with van der Waals surface area (Å²) < 4.78 is 13.1. The Morgan fingerprint density at radius 3 is 2.94 bits per heavy atom. The van der Waals surface area contributed by atoms with Crippen LogP contribution in [0, 0.1) is 5.82 Å². The molecule has 0 radical (unpaired) electrons. The summed E-state index contributed by atoms with van der Waals surface area (Å²) in [5, 5.41) is 0.684. The first-order valence-corrected chi connectivity index (χ1v) is 6.61. The predicted octanol–water partition coefficient (Wildman–Crippen LogP) is 3.98. The maximum absolute atomic E-state index is 13.1. The van der Waals surface area contributed by atoms with Crippen molar-refractivity contribution in [1.29, 1.82) is 0 Å². The lowest BCUT2D eigenvalue weighted by Gasteiger charge is -1.94. The fraction of sp³-hybridized carbons (Fsp3) is 0.250. The molecule has 6 heteroatoms. The van der Waals surface area contributed by atoms with Crippen LogP contribution in [-0.4, -0.2) is 15.8 Å². The van der Waals surface area contributed by atoms with Crippen LogP contribution in [0.1, 0.15) is 29.4 Å². The number of ketones is 1. The molecule has 0 aromatic carbocycles. The molecule has 0 spiro atoms. The van der Waals surface area contributed by atoms with Crippen molar-refractivity contribution >= 4 is 28.7 Å². The Morgan fingerprint density at radius 1 is 1.50 bits per heavy atom. The van der Waals surface area contributed by atoms with E-state index in [1.54, 1.807) is 0 Å². The van der Waals surface area contributed by atoms with Gasteiger partial charge in [-0.15, -0.1) is 11.3 Å². The van der Waals surface area contributed by atoms with Gasteiger partial charge >= 0.3 is 0 Å². The molecule has 2 rings (SSSR count). The zero-order chi connectivity index (χ0) is 13.1. The van der Waals surface area contributed by atoms with E-state index >= 15 is 0 Å². The third-order valence-corrected chi connectivity index (χ3v) is 3.80. The van der Waals surface area contributed by atoms with E-state index in [0.717, 1.165) is 12.6 Å². The van der Waals surface area contributed by atoms with Gasteiger partial charge in [-0.25, -0.2) is 9.37 Å². The van der Waals surface area contributed by atoms with Crippen LogP contribution in [0.15, 0.2) is 18.5 Å². The van der Waals surface area contributed by atoms with E-state index in [4.69, 9.17) is 11.6 Å². The number of halogens is 2. The van der Waals surface area contributed by atoms with Crippen molar-refractivity contribution in [2.75, 3.05) is 0 Å². The number of thiazole rings is 1. The third kappa shape index (κ3) is 2.73. The molecule has 2 heterocycles. The molecule has 0 aliphatic rings. The Labute approximate surface area is 113 Å². The minimum Gasteiger partial charge on any atom is -0.293 e. The van der Waals surface area contributed by atoms with Gasteiger partial charge in [-0.2, -0.15) is 0 Å². The first kappa shape index (κ1) is 13.1. The second-order valence-electron chi connectivity index (χ2n) is 3.70. The molecular formula is C12H10ClFN2OS. The zero-order valence-corrected chi connectivity index (χ0v) is 11.2. The average Bonchev–Trinajstić information content (AvgIpc) is 2.72. The molecule has 3 nitrogen and oxygen atoms in total. The van der Waals surface area contributed by atoms with Crippen LogP contribution in [0.4, 0.5) is 4.39 Å². The smallest absolute Gasteiger partial charge is 0.175 e. The number of carbonyl (C=O) groups excluding carboxylic acids is 1. The highest BCUT2D eigenvalue weighted by Gasteiger charge is 2.17. The van der Waals surface area contributed by atoms with Gasteiger partial charge in [0, 0.05) is 18.2 Å². The number of rotatable bonds is 4.